The van der Waals surface area contributed by atoms with Crippen LogP contribution in [0.3, 0.4) is 0 Å². The summed E-state index contributed by atoms with van der Waals surface area (Å²) in [6.45, 7) is 3.51. The molecule has 4 aromatic rings. The highest BCUT2D eigenvalue weighted by Crippen LogP contribution is 2.38. The predicted molar refractivity (Wildman–Crippen MR) is 107 cm³/mol. The van der Waals surface area contributed by atoms with E-state index >= 15 is 0 Å². The average molecular weight is 409 g/mol. The van der Waals surface area contributed by atoms with Crippen molar-refractivity contribution in [1.29, 1.82) is 0 Å². The maximum atomic E-state index is 14.8. The van der Waals surface area contributed by atoms with Crippen molar-refractivity contribution >= 4 is 0 Å². The number of nitrogens with zero attached hydrogens (tertiary/aromatic N) is 5. The van der Waals surface area contributed by atoms with Gasteiger partial charge in [-0.2, -0.15) is 10.2 Å². The van der Waals surface area contributed by atoms with E-state index in [0.29, 0.717) is 0 Å². The molecule has 1 N–H and O–H groups in total. The van der Waals surface area contributed by atoms with Gasteiger partial charge in [0.2, 0.25) is 0 Å². The molecule has 6 nitrogen and oxygen atoms in total. The zero-order valence-electron chi connectivity index (χ0n) is 16.6. The molecular formula is C22H21F2N5O. The van der Waals surface area contributed by atoms with Gasteiger partial charge in [0.1, 0.15) is 29.9 Å². The molecule has 2 heterocycles. The summed E-state index contributed by atoms with van der Waals surface area (Å²) in [6, 6.07) is 14.0. The van der Waals surface area contributed by atoms with Crippen molar-refractivity contribution in [2.75, 3.05) is 0 Å². The molecule has 0 fully saturated rings. The first-order chi connectivity index (χ1) is 14.4. The van der Waals surface area contributed by atoms with Crippen molar-refractivity contribution in [2.24, 2.45) is 0 Å². The Kier molecular flexibility index (Phi) is 5.17. The van der Waals surface area contributed by atoms with Crippen LogP contribution in [-0.4, -0.2) is 29.7 Å². The lowest BCUT2D eigenvalue weighted by atomic mass is 9.86. The Labute approximate surface area is 172 Å². The normalized spacial score (nSPS) is 14.4. The van der Waals surface area contributed by atoms with E-state index in [4.69, 9.17) is 0 Å². The molecule has 0 amide bonds. The maximum Gasteiger partial charge on any atom is 0.137 e. The summed E-state index contributed by atoms with van der Waals surface area (Å²) in [6.07, 6.45) is 2.77. The van der Waals surface area contributed by atoms with Crippen LogP contribution >= 0.6 is 0 Å². The zero-order chi connectivity index (χ0) is 21.3. The molecule has 0 saturated carbocycles. The van der Waals surface area contributed by atoms with Crippen LogP contribution in [0.4, 0.5) is 8.78 Å². The monoisotopic (exact) mass is 409 g/mol. The molecule has 2 aromatic heterocycles. The predicted octanol–water partition coefficient (Wildman–Crippen LogP) is 3.88. The number of halogens is 2. The molecule has 0 bridgehead atoms. The van der Waals surface area contributed by atoms with Crippen LogP contribution in [0.15, 0.2) is 67.3 Å². The Bertz CT molecular complexity index is 1140. The zero-order valence-corrected chi connectivity index (χ0v) is 16.6. The topological polar surface area (TPSA) is 68.8 Å². The molecule has 0 saturated heterocycles. The molecule has 0 radical (unpaired) electrons. The van der Waals surface area contributed by atoms with Gasteiger partial charge in [0.25, 0.3) is 0 Å². The van der Waals surface area contributed by atoms with Gasteiger partial charge in [-0.05, 0) is 31.5 Å². The Morgan fingerprint density at radius 2 is 1.87 bits per heavy atom. The highest BCUT2D eigenvalue weighted by molar-refractivity contribution is 5.60. The molecule has 2 atom stereocenters. The Morgan fingerprint density at radius 3 is 2.53 bits per heavy atom. The van der Waals surface area contributed by atoms with E-state index in [1.165, 1.54) is 23.4 Å². The molecule has 4 rings (SSSR count). The quantitative estimate of drug-likeness (QED) is 0.525. The van der Waals surface area contributed by atoms with Crippen LogP contribution in [0.1, 0.15) is 24.2 Å². The highest BCUT2D eigenvalue weighted by atomic mass is 19.1. The second-order valence-corrected chi connectivity index (χ2v) is 7.30. The van der Waals surface area contributed by atoms with Crippen LogP contribution in [0, 0.1) is 18.6 Å². The van der Waals surface area contributed by atoms with Crippen LogP contribution < -0.4 is 0 Å². The van der Waals surface area contributed by atoms with Gasteiger partial charge in [0.15, 0.2) is 0 Å². The van der Waals surface area contributed by atoms with Crippen molar-refractivity contribution in [3.05, 3.63) is 90.1 Å². The van der Waals surface area contributed by atoms with E-state index in [-0.39, 0.29) is 12.1 Å². The van der Waals surface area contributed by atoms with Crippen molar-refractivity contribution in [1.82, 2.24) is 24.5 Å². The van der Waals surface area contributed by atoms with Gasteiger partial charge >= 0.3 is 0 Å². The van der Waals surface area contributed by atoms with Crippen molar-refractivity contribution in [3.8, 4) is 11.3 Å². The molecule has 154 valence electrons. The molecule has 0 unspecified atom stereocenters. The lowest BCUT2D eigenvalue weighted by Gasteiger charge is -2.35. The minimum atomic E-state index is -1.78. The van der Waals surface area contributed by atoms with Gasteiger partial charge < -0.3 is 5.11 Å². The smallest absolute Gasteiger partial charge is 0.137 e. The summed E-state index contributed by atoms with van der Waals surface area (Å²) in [5.41, 5.74) is 0.614. The van der Waals surface area contributed by atoms with Crippen LogP contribution in [0.25, 0.3) is 11.3 Å². The van der Waals surface area contributed by atoms with Crippen molar-refractivity contribution < 1.29 is 13.9 Å². The molecule has 8 heteroatoms. The third kappa shape index (κ3) is 3.61. The molecule has 30 heavy (non-hydrogen) atoms. The Balaban J connectivity index is 1.86. The van der Waals surface area contributed by atoms with Gasteiger partial charge in [-0.1, -0.05) is 36.4 Å². The number of rotatable bonds is 6. The fourth-order valence-electron chi connectivity index (χ4n) is 3.68. The highest BCUT2D eigenvalue weighted by Gasteiger charge is 2.41. The lowest BCUT2D eigenvalue weighted by Crippen LogP contribution is -2.41. The number of hydrogen-bond donors (Lipinski definition) is 1. The molecule has 0 spiro atoms. The van der Waals surface area contributed by atoms with E-state index in [9.17, 15) is 13.9 Å². The molecule has 0 aliphatic rings. The van der Waals surface area contributed by atoms with Gasteiger partial charge in [0, 0.05) is 11.6 Å². The van der Waals surface area contributed by atoms with E-state index in [0.717, 1.165) is 29.1 Å². The molecule has 0 aliphatic carbocycles. The third-order valence-electron chi connectivity index (χ3n) is 5.25. The van der Waals surface area contributed by atoms with Crippen molar-refractivity contribution in [2.45, 2.75) is 32.0 Å². The summed E-state index contributed by atoms with van der Waals surface area (Å²) in [4.78, 5) is 3.90. The second-order valence-electron chi connectivity index (χ2n) is 7.30. The van der Waals surface area contributed by atoms with E-state index in [2.05, 4.69) is 15.2 Å². The molecular weight excluding hydrogens is 388 g/mol. The number of aliphatic hydroxyl groups is 1. The van der Waals surface area contributed by atoms with Gasteiger partial charge in [-0.15, -0.1) is 0 Å². The summed E-state index contributed by atoms with van der Waals surface area (Å²) in [5.74, 6) is -1.55. The fourth-order valence-corrected chi connectivity index (χ4v) is 3.68. The van der Waals surface area contributed by atoms with Gasteiger partial charge in [0.05, 0.1) is 24.0 Å². The first kappa shape index (κ1) is 19.9. The minimum absolute atomic E-state index is 0.0425. The van der Waals surface area contributed by atoms with E-state index < -0.39 is 23.3 Å². The number of aryl methyl sites for hydroxylation is 1. The van der Waals surface area contributed by atoms with Gasteiger partial charge in [-0.3, -0.25) is 4.68 Å². The Hall–Kier alpha value is -3.39. The first-order valence-electron chi connectivity index (χ1n) is 9.50. The average Bonchev–Trinajstić information content (AvgIpc) is 3.37. The first-order valence-corrected chi connectivity index (χ1v) is 9.50. The van der Waals surface area contributed by atoms with Crippen molar-refractivity contribution in [3.63, 3.8) is 0 Å². The Morgan fingerprint density at radius 1 is 1.10 bits per heavy atom. The van der Waals surface area contributed by atoms with Crippen LogP contribution in [0.5, 0.6) is 0 Å². The summed E-state index contributed by atoms with van der Waals surface area (Å²) in [7, 11) is 0. The maximum absolute atomic E-state index is 14.8. The SMILES string of the molecule is Cc1cc(-c2ccccc2)n([C@H](C)[C@](O)(Cn2cncn2)c2ccc(F)cc2F)n1. The molecule has 0 aliphatic heterocycles. The fraction of sp³-hybridized carbons (Fsp3) is 0.227. The summed E-state index contributed by atoms with van der Waals surface area (Å²) >= 11 is 0. The van der Waals surface area contributed by atoms with Crippen LogP contribution in [0.2, 0.25) is 0 Å². The van der Waals surface area contributed by atoms with E-state index in [1.54, 1.807) is 11.6 Å². The minimum Gasteiger partial charge on any atom is -0.381 e. The third-order valence-corrected chi connectivity index (χ3v) is 5.25. The summed E-state index contributed by atoms with van der Waals surface area (Å²) in [5, 5.41) is 20.4. The van der Waals surface area contributed by atoms with E-state index in [1.807, 2.05) is 43.3 Å². The number of aromatic nitrogens is 5. The number of hydrogen-bond acceptors (Lipinski definition) is 4. The number of benzene rings is 2. The summed E-state index contributed by atoms with van der Waals surface area (Å²) < 4.78 is 31.4. The van der Waals surface area contributed by atoms with Crippen LogP contribution in [-0.2, 0) is 12.1 Å². The molecule has 2 aromatic carbocycles. The standard InChI is InChI=1S/C22H21F2N5O/c1-15-10-21(17-6-4-3-5-7-17)29(27-15)16(2)22(30,12-28-14-25-13-26-28)19-9-8-18(23)11-20(19)24/h3-11,13-14,16,30H,12H2,1-2H3/t16-,22-/m1/s1. The second kappa shape index (κ2) is 7.79. The lowest BCUT2D eigenvalue weighted by molar-refractivity contribution is -0.0364. The van der Waals surface area contributed by atoms with Gasteiger partial charge in [-0.25, -0.2) is 18.4 Å². The largest absolute Gasteiger partial charge is 0.381 e.